The van der Waals surface area contributed by atoms with E-state index in [9.17, 15) is 0 Å². The molecule has 1 rings (SSSR count). The first kappa shape index (κ1) is 10.9. The summed E-state index contributed by atoms with van der Waals surface area (Å²) >= 11 is 0. The van der Waals surface area contributed by atoms with Crippen molar-refractivity contribution in [3.63, 3.8) is 0 Å². The van der Waals surface area contributed by atoms with Crippen LogP contribution in [0.1, 0.15) is 31.7 Å². The summed E-state index contributed by atoms with van der Waals surface area (Å²) in [5.41, 5.74) is 2.37. The molecule has 0 radical (unpaired) electrons. The van der Waals surface area contributed by atoms with Crippen LogP contribution in [-0.2, 0) is 12.8 Å². The Morgan fingerprint density at radius 3 is 2.50 bits per heavy atom. The fourth-order valence-corrected chi connectivity index (χ4v) is 1.65. The van der Waals surface area contributed by atoms with Crippen LogP contribution in [0.5, 0.6) is 0 Å². The van der Waals surface area contributed by atoms with E-state index >= 15 is 0 Å². The SMILES string of the molecule is CCCc1c(CC)[n+](OC)cn1OC. The summed E-state index contributed by atoms with van der Waals surface area (Å²) in [5, 5.41) is 0. The maximum absolute atomic E-state index is 5.24. The van der Waals surface area contributed by atoms with Crippen molar-refractivity contribution < 1.29 is 14.4 Å². The molecule has 0 aromatic carbocycles. The van der Waals surface area contributed by atoms with Gasteiger partial charge in [-0.15, -0.1) is 0 Å². The predicted molar refractivity (Wildman–Crippen MR) is 53.0 cm³/mol. The number of rotatable bonds is 5. The van der Waals surface area contributed by atoms with Crippen molar-refractivity contribution in [3.05, 3.63) is 17.7 Å². The van der Waals surface area contributed by atoms with Crippen LogP contribution in [0.2, 0.25) is 0 Å². The Bertz CT molecular complexity index is 295. The van der Waals surface area contributed by atoms with E-state index in [2.05, 4.69) is 13.8 Å². The third-order valence-corrected chi connectivity index (χ3v) is 2.29. The molecule has 0 aliphatic rings. The van der Waals surface area contributed by atoms with Crippen molar-refractivity contribution in [2.45, 2.75) is 33.1 Å². The Morgan fingerprint density at radius 2 is 2.07 bits per heavy atom. The van der Waals surface area contributed by atoms with Gasteiger partial charge in [0.2, 0.25) is 0 Å². The largest absolute Gasteiger partial charge is 0.339 e. The van der Waals surface area contributed by atoms with E-state index in [1.807, 2.05) is 6.33 Å². The van der Waals surface area contributed by atoms with Crippen LogP contribution in [0, 0.1) is 0 Å². The molecular weight excluding hydrogens is 180 g/mol. The summed E-state index contributed by atoms with van der Waals surface area (Å²) < 4.78 is 3.53. The molecule has 4 nitrogen and oxygen atoms in total. The summed E-state index contributed by atoms with van der Waals surface area (Å²) in [6, 6.07) is 0. The highest BCUT2D eigenvalue weighted by atomic mass is 16.7. The molecule has 0 unspecified atom stereocenters. The summed E-state index contributed by atoms with van der Waals surface area (Å²) in [6.07, 6.45) is 4.88. The summed E-state index contributed by atoms with van der Waals surface area (Å²) in [4.78, 5) is 10.5. The second-order valence-corrected chi connectivity index (χ2v) is 3.13. The topological polar surface area (TPSA) is 27.3 Å². The number of hydrogen-bond acceptors (Lipinski definition) is 2. The Labute approximate surface area is 85.0 Å². The molecule has 0 N–H and O–H groups in total. The number of nitrogens with zero attached hydrogens (tertiary/aromatic N) is 2. The molecule has 0 amide bonds. The number of aromatic nitrogens is 2. The lowest BCUT2D eigenvalue weighted by atomic mass is 10.2. The van der Waals surface area contributed by atoms with Gasteiger partial charge >= 0.3 is 6.33 Å². The lowest BCUT2D eigenvalue weighted by Gasteiger charge is -1.98. The molecule has 0 saturated carbocycles. The van der Waals surface area contributed by atoms with Gasteiger partial charge in [0.25, 0.3) is 0 Å². The molecule has 4 heteroatoms. The van der Waals surface area contributed by atoms with Gasteiger partial charge in [0.05, 0.1) is 0 Å². The standard InChI is InChI=1S/C10H19N2O2/c1-5-7-10-9(6-2)11(13-3)8-12(10)14-4/h8H,5-7H2,1-4H3/q+1. The summed E-state index contributed by atoms with van der Waals surface area (Å²) in [5.74, 6) is 0. The first-order valence-electron chi connectivity index (χ1n) is 5.02. The maximum atomic E-state index is 5.24. The van der Waals surface area contributed by atoms with Crippen molar-refractivity contribution in [1.82, 2.24) is 4.73 Å². The number of hydrogen-bond donors (Lipinski definition) is 0. The normalized spacial score (nSPS) is 10.3. The quantitative estimate of drug-likeness (QED) is 0.642. The van der Waals surface area contributed by atoms with E-state index in [4.69, 9.17) is 9.68 Å². The van der Waals surface area contributed by atoms with Gasteiger partial charge in [-0.05, 0) is 15.9 Å². The monoisotopic (exact) mass is 199 g/mol. The molecule has 0 spiro atoms. The zero-order valence-corrected chi connectivity index (χ0v) is 9.41. The Morgan fingerprint density at radius 1 is 1.36 bits per heavy atom. The van der Waals surface area contributed by atoms with E-state index in [1.165, 1.54) is 11.4 Å². The van der Waals surface area contributed by atoms with E-state index < -0.39 is 0 Å². The smallest absolute Gasteiger partial charge is 0.323 e. The van der Waals surface area contributed by atoms with Crippen LogP contribution >= 0.6 is 0 Å². The summed E-state index contributed by atoms with van der Waals surface area (Å²) in [6.45, 7) is 4.27. The molecular formula is C10H19N2O2+. The Balaban J connectivity index is 3.11. The highest BCUT2D eigenvalue weighted by Gasteiger charge is 2.22. The zero-order valence-electron chi connectivity index (χ0n) is 9.41. The molecule has 0 bridgehead atoms. The van der Waals surface area contributed by atoms with Crippen molar-refractivity contribution >= 4 is 0 Å². The minimum atomic E-state index is 0.944. The molecule has 1 heterocycles. The Kier molecular flexibility index (Phi) is 3.80. The average Bonchev–Trinajstić information content (AvgIpc) is 2.56. The average molecular weight is 199 g/mol. The van der Waals surface area contributed by atoms with Gasteiger partial charge in [-0.25, -0.2) is 0 Å². The van der Waals surface area contributed by atoms with Gasteiger partial charge in [-0.3, -0.25) is 0 Å². The molecule has 0 atom stereocenters. The van der Waals surface area contributed by atoms with Crippen LogP contribution in [-0.4, -0.2) is 19.0 Å². The van der Waals surface area contributed by atoms with E-state index in [0.717, 1.165) is 19.3 Å². The fourth-order valence-electron chi connectivity index (χ4n) is 1.65. The zero-order chi connectivity index (χ0) is 10.6. The van der Waals surface area contributed by atoms with Crippen molar-refractivity contribution in [1.29, 1.82) is 0 Å². The molecule has 80 valence electrons. The molecule has 0 fully saturated rings. The molecule has 0 aliphatic heterocycles. The second-order valence-electron chi connectivity index (χ2n) is 3.13. The van der Waals surface area contributed by atoms with Gasteiger partial charge in [0, 0.05) is 12.8 Å². The van der Waals surface area contributed by atoms with Crippen LogP contribution in [0.3, 0.4) is 0 Å². The lowest BCUT2D eigenvalue weighted by Crippen LogP contribution is -2.42. The first-order chi connectivity index (χ1) is 6.78. The van der Waals surface area contributed by atoms with E-state index in [-0.39, 0.29) is 0 Å². The maximum Gasteiger partial charge on any atom is 0.323 e. The predicted octanol–water partition coefficient (Wildman–Crippen LogP) is 0.407. The lowest BCUT2D eigenvalue weighted by molar-refractivity contribution is -0.890. The van der Waals surface area contributed by atoms with Gasteiger partial charge in [0.15, 0.2) is 11.4 Å². The summed E-state index contributed by atoms with van der Waals surface area (Å²) in [7, 11) is 3.33. The highest BCUT2D eigenvalue weighted by Crippen LogP contribution is 2.07. The molecule has 1 aromatic rings. The minimum absolute atomic E-state index is 0.944. The minimum Gasteiger partial charge on any atom is -0.339 e. The van der Waals surface area contributed by atoms with Gasteiger partial charge in [-0.2, -0.15) is 0 Å². The van der Waals surface area contributed by atoms with Crippen molar-refractivity contribution in [3.8, 4) is 0 Å². The van der Waals surface area contributed by atoms with Crippen LogP contribution < -0.4 is 14.4 Å². The Hall–Kier alpha value is -1.19. The second kappa shape index (κ2) is 4.88. The third kappa shape index (κ3) is 1.84. The third-order valence-electron chi connectivity index (χ3n) is 2.29. The van der Waals surface area contributed by atoms with Crippen molar-refractivity contribution in [2.75, 3.05) is 14.2 Å². The number of imidazole rings is 1. The fraction of sp³-hybridized carbons (Fsp3) is 0.700. The van der Waals surface area contributed by atoms with E-state index in [0.29, 0.717) is 0 Å². The van der Waals surface area contributed by atoms with Gasteiger partial charge in [0.1, 0.15) is 14.2 Å². The van der Waals surface area contributed by atoms with Crippen LogP contribution in [0.15, 0.2) is 6.33 Å². The van der Waals surface area contributed by atoms with Gasteiger partial charge < -0.3 is 9.68 Å². The van der Waals surface area contributed by atoms with Crippen molar-refractivity contribution in [2.24, 2.45) is 0 Å². The van der Waals surface area contributed by atoms with Gasteiger partial charge in [-0.1, -0.05) is 13.8 Å². The molecule has 1 aromatic heterocycles. The molecule has 0 aliphatic carbocycles. The van der Waals surface area contributed by atoms with E-state index in [1.54, 1.807) is 23.7 Å². The molecule has 0 saturated heterocycles. The first-order valence-corrected chi connectivity index (χ1v) is 5.02. The molecule has 14 heavy (non-hydrogen) atoms. The van der Waals surface area contributed by atoms with Crippen LogP contribution in [0.4, 0.5) is 0 Å². The highest BCUT2D eigenvalue weighted by molar-refractivity contribution is 5.06. The van der Waals surface area contributed by atoms with Crippen LogP contribution in [0.25, 0.3) is 0 Å².